The molecule has 0 unspecified atom stereocenters. The van der Waals surface area contributed by atoms with Crippen LogP contribution in [0.25, 0.3) is 0 Å². The van der Waals surface area contributed by atoms with Gasteiger partial charge >= 0.3 is 15.6 Å². The van der Waals surface area contributed by atoms with Crippen LogP contribution in [-0.4, -0.2) is 25.6 Å². The van der Waals surface area contributed by atoms with Crippen LogP contribution in [0.1, 0.15) is 0 Å². The third kappa shape index (κ3) is 13.8. The van der Waals surface area contributed by atoms with Crippen LogP contribution in [0.2, 0.25) is 0 Å². The van der Waals surface area contributed by atoms with Gasteiger partial charge in [-0.15, -0.1) is 5.10 Å². The molecule has 0 radical (unpaired) electrons. The molecule has 0 spiro atoms. The van der Waals surface area contributed by atoms with Crippen LogP contribution in [-0.2, 0) is 9.13 Å². The first-order chi connectivity index (χ1) is 19.2. The molecule has 5 aromatic rings. The second-order valence-corrected chi connectivity index (χ2v) is 10.7. The SMILES string of the molecule is Brc1conn1.O.O=P(O)(Oc1ccccc1)Oc1ccccc1.O=P(O)(Oc1ccccc1)Oc1ccccc1. The first-order valence-corrected chi connectivity index (χ1v) is 15.1. The molecule has 41 heavy (non-hydrogen) atoms. The predicted molar refractivity (Wildman–Crippen MR) is 154 cm³/mol. The molecule has 5 rings (SSSR count). The maximum Gasteiger partial charge on any atom is 0.584 e. The summed E-state index contributed by atoms with van der Waals surface area (Å²) in [6.07, 6.45) is 1.40. The fourth-order valence-electron chi connectivity index (χ4n) is 2.65. The summed E-state index contributed by atoms with van der Waals surface area (Å²) >= 11 is 3.01. The van der Waals surface area contributed by atoms with E-state index in [1.165, 1.54) is 6.26 Å². The lowest BCUT2D eigenvalue weighted by Crippen LogP contribution is -1.99. The number of benzene rings is 4. The Morgan fingerprint density at radius 2 is 0.829 bits per heavy atom. The summed E-state index contributed by atoms with van der Waals surface area (Å²) in [5, 5.41) is 6.57. The number of halogens is 1. The van der Waals surface area contributed by atoms with Crippen molar-refractivity contribution < 1.29 is 47.0 Å². The second-order valence-electron chi connectivity index (χ2n) is 7.28. The minimum atomic E-state index is -4.14. The highest BCUT2D eigenvalue weighted by molar-refractivity contribution is 9.10. The average molecular weight is 667 g/mol. The zero-order valence-electron chi connectivity index (χ0n) is 21.0. The molecule has 216 valence electrons. The summed E-state index contributed by atoms with van der Waals surface area (Å²) in [7, 11) is -8.27. The van der Waals surface area contributed by atoms with Gasteiger partial charge in [-0.25, -0.2) is 9.13 Å². The molecule has 0 bridgehead atoms. The number of phosphoric ester groups is 2. The molecule has 0 aliphatic carbocycles. The number of aromatic nitrogens is 2. The molecule has 0 saturated carbocycles. The molecule has 4 aromatic carbocycles. The minimum Gasteiger partial charge on any atom is -0.412 e. The molecular weight excluding hydrogens is 642 g/mol. The molecule has 1 aromatic heterocycles. The van der Waals surface area contributed by atoms with Crippen molar-refractivity contribution in [2.45, 2.75) is 0 Å². The van der Waals surface area contributed by atoms with Crippen LogP contribution in [0.3, 0.4) is 0 Å². The quantitative estimate of drug-likeness (QED) is 0.172. The van der Waals surface area contributed by atoms with Crippen LogP contribution < -0.4 is 18.1 Å². The molecular formula is C26H25BrN2O10P2. The van der Waals surface area contributed by atoms with Crippen molar-refractivity contribution in [3.05, 3.63) is 132 Å². The number of hydrogen-bond donors (Lipinski definition) is 2. The van der Waals surface area contributed by atoms with Crippen molar-refractivity contribution in [1.82, 2.24) is 10.4 Å². The van der Waals surface area contributed by atoms with Gasteiger partial charge in [-0.3, -0.25) is 9.79 Å². The van der Waals surface area contributed by atoms with E-state index < -0.39 is 15.6 Å². The summed E-state index contributed by atoms with van der Waals surface area (Å²) in [6, 6.07) is 33.4. The van der Waals surface area contributed by atoms with Gasteiger partial charge in [0.05, 0.1) is 0 Å². The number of rotatable bonds is 8. The van der Waals surface area contributed by atoms with E-state index in [0.717, 1.165) is 0 Å². The van der Waals surface area contributed by atoms with Crippen molar-refractivity contribution in [3.8, 4) is 23.0 Å². The summed E-state index contributed by atoms with van der Waals surface area (Å²) in [6.45, 7) is 0. The third-order valence-electron chi connectivity index (χ3n) is 4.19. The summed E-state index contributed by atoms with van der Waals surface area (Å²) in [4.78, 5) is 19.1. The Kier molecular flexibility index (Phi) is 13.8. The van der Waals surface area contributed by atoms with E-state index in [2.05, 4.69) is 30.8 Å². The van der Waals surface area contributed by atoms with E-state index in [1.807, 2.05) is 0 Å². The molecule has 0 aliphatic rings. The standard InChI is InChI=1S/2C12H11O4P.C2HBrN2O.H2O/c2*13-17(14,15-11-7-3-1-4-8-11)16-12-9-5-2-6-10-12;3-2-1-6-5-4-2;/h2*1-10H,(H,13,14);1H;1H2. The minimum absolute atomic E-state index is 0. The first kappa shape index (κ1) is 33.2. The van der Waals surface area contributed by atoms with Crippen LogP contribution in [0.15, 0.2) is 137 Å². The second kappa shape index (κ2) is 17.0. The molecule has 12 nitrogen and oxygen atoms in total. The van der Waals surface area contributed by atoms with Gasteiger partial charge in [-0.05, 0) is 64.5 Å². The maximum absolute atomic E-state index is 11.7. The number of hydrogen-bond acceptors (Lipinski definition) is 9. The van der Waals surface area contributed by atoms with E-state index in [9.17, 15) is 18.9 Å². The molecule has 15 heteroatoms. The van der Waals surface area contributed by atoms with E-state index >= 15 is 0 Å². The van der Waals surface area contributed by atoms with E-state index in [0.29, 0.717) is 4.60 Å². The summed E-state index contributed by atoms with van der Waals surface area (Å²) in [5.41, 5.74) is 0. The lowest BCUT2D eigenvalue weighted by atomic mass is 10.3. The zero-order valence-corrected chi connectivity index (χ0v) is 24.4. The number of para-hydroxylation sites is 4. The Hall–Kier alpha value is -3.96. The smallest absolute Gasteiger partial charge is 0.412 e. The summed E-state index contributed by atoms with van der Waals surface area (Å²) < 4.78 is 47.8. The van der Waals surface area contributed by atoms with Crippen LogP contribution in [0, 0.1) is 0 Å². The van der Waals surface area contributed by atoms with E-state index in [4.69, 9.17) is 18.1 Å². The van der Waals surface area contributed by atoms with Crippen LogP contribution in [0.5, 0.6) is 23.0 Å². The predicted octanol–water partition coefficient (Wildman–Crippen LogP) is 6.50. The van der Waals surface area contributed by atoms with Gasteiger partial charge in [0.1, 0.15) is 23.0 Å². The number of phosphoric acid groups is 2. The lowest BCUT2D eigenvalue weighted by molar-refractivity contribution is 0.289. The Morgan fingerprint density at radius 1 is 0.561 bits per heavy atom. The fourth-order valence-corrected chi connectivity index (χ4v) is 4.42. The van der Waals surface area contributed by atoms with E-state index in [1.54, 1.807) is 121 Å². The fraction of sp³-hybridized carbons (Fsp3) is 0. The van der Waals surface area contributed by atoms with Crippen molar-refractivity contribution in [2.75, 3.05) is 0 Å². The zero-order chi connectivity index (χ0) is 28.7. The highest BCUT2D eigenvalue weighted by Gasteiger charge is 2.25. The monoisotopic (exact) mass is 666 g/mol. The summed E-state index contributed by atoms with van der Waals surface area (Å²) in [5.74, 6) is 1.15. The normalized spacial score (nSPS) is 10.3. The Balaban J connectivity index is 0.000000234. The largest absolute Gasteiger partial charge is 0.584 e. The van der Waals surface area contributed by atoms with Crippen molar-refractivity contribution in [1.29, 1.82) is 0 Å². The molecule has 0 aliphatic heterocycles. The van der Waals surface area contributed by atoms with Gasteiger partial charge in [-0.2, -0.15) is 0 Å². The van der Waals surface area contributed by atoms with Crippen LogP contribution in [0.4, 0.5) is 0 Å². The lowest BCUT2D eigenvalue weighted by Gasteiger charge is -2.13. The van der Waals surface area contributed by atoms with Gasteiger partial charge in [0.2, 0.25) is 0 Å². The van der Waals surface area contributed by atoms with Crippen molar-refractivity contribution in [2.24, 2.45) is 0 Å². The first-order valence-electron chi connectivity index (χ1n) is 11.3. The average Bonchev–Trinajstić information content (AvgIpc) is 3.41. The van der Waals surface area contributed by atoms with Crippen LogP contribution >= 0.6 is 31.6 Å². The molecule has 1 heterocycles. The highest BCUT2D eigenvalue weighted by Crippen LogP contribution is 2.45. The van der Waals surface area contributed by atoms with Crippen molar-refractivity contribution in [3.63, 3.8) is 0 Å². The Morgan fingerprint density at radius 3 is 1.00 bits per heavy atom. The highest BCUT2D eigenvalue weighted by atomic mass is 79.9. The van der Waals surface area contributed by atoms with Gasteiger partial charge in [0, 0.05) is 5.27 Å². The van der Waals surface area contributed by atoms with Gasteiger partial charge < -0.3 is 28.1 Å². The van der Waals surface area contributed by atoms with Crippen molar-refractivity contribution >= 4 is 31.6 Å². The molecule has 0 saturated heterocycles. The third-order valence-corrected chi connectivity index (χ3v) is 6.30. The molecule has 0 amide bonds. The number of nitrogens with zero attached hydrogens (tertiary/aromatic N) is 2. The van der Waals surface area contributed by atoms with E-state index in [-0.39, 0.29) is 28.5 Å². The Labute approximate surface area is 243 Å². The maximum atomic E-state index is 11.7. The van der Waals surface area contributed by atoms with Gasteiger partial charge in [0.15, 0.2) is 10.9 Å². The molecule has 0 atom stereocenters. The topological polar surface area (TPSA) is 182 Å². The Bertz CT molecular complexity index is 1290. The van der Waals surface area contributed by atoms with Gasteiger partial charge in [-0.1, -0.05) is 72.8 Å². The van der Waals surface area contributed by atoms with Gasteiger partial charge in [0.25, 0.3) is 0 Å². The molecule has 4 N–H and O–H groups in total. The molecule has 0 fully saturated rings.